The van der Waals surface area contributed by atoms with Crippen LogP contribution >= 0.6 is 0 Å². The first kappa shape index (κ1) is 15.0. The van der Waals surface area contributed by atoms with E-state index in [9.17, 15) is 0 Å². The summed E-state index contributed by atoms with van der Waals surface area (Å²) in [4.78, 5) is 13.0. The minimum absolute atomic E-state index is 0.575. The number of aryl methyl sites for hydroxylation is 2. The van der Waals surface area contributed by atoms with Crippen LogP contribution in [0.3, 0.4) is 0 Å². The normalized spacial score (nSPS) is 10.4. The average molecular weight is 305 g/mol. The van der Waals surface area contributed by atoms with Crippen molar-refractivity contribution in [1.82, 2.24) is 15.0 Å². The first-order valence-corrected chi connectivity index (χ1v) is 7.46. The Morgan fingerprint density at radius 1 is 0.870 bits per heavy atom. The van der Waals surface area contributed by atoms with E-state index in [0.717, 1.165) is 22.8 Å². The number of aromatic nitrogens is 3. The van der Waals surface area contributed by atoms with Crippen LogP contribution in [0.5, 0.6) is 0 Å². The van der Waals surface area contributed by atoms with E-state index < -0.39 is 0 Å². The molecule has 0 atom stereocenters. The minimum Gasteiger partial charge on any atom is -0.357 e. The molecule has 23 heavy (non-hydrogen) atoms. The van der Waals surface area contributed by atoms with Gasteiger partial charge in [0.05, 0.1) is 5.69 Å². The summed E-state index contributed by atoms with van der Waals surface area (Å²) in [6.07, 6.45) is 3.51. The summed E-state index contributed by atoms with van der Waals surface area (Å²) in [5.74, 6) is 1.33. The van der Waals surface area contributed by atoms with Gasteiger partial charge in [0.2, 0.25) is 5.95 Å². The molecule has 0 spiro atoms. The summed E-state index contributed by atoms with van der Waals surface area (Å²) in [5, 5.41) is 6.37. The van der Waals surface area contributed by atoms with Crippen molar-refractivity contribution >= 4 is 17.5 Å². The van der Waals surface area contributed by atoms with Crippen molar-refractivity contribution in [2.24, 2.45) is 0 Å². The van der Waals surface area contributed by atoms with Crippen LogP contribution in [0.25, 0.3) is 11.3 Å². The SMILES string of the molecule is CNc1nc(Nc2cc(C)cc(C)c2)cc(-c2ccncc2)n1. The van der Waals surface area contributed by atoms with E-state index >= 15 is 0 Å². The minimum atomic E-state index is 0.575. The van der Waals surface area contributed by atoms with E-state index in [-0.39, 0.29) is 0 Å². The summed E-state index contributed by atoms with van der Waals surface area (Å²) in [7, 11) is 1.81. The molecule has 0 fully saturated rings. The Morgan fingerprint density at radius 3 is 2.22 bits per heavy atom. The predicted molar refractivity (Wildman–Crippen MR) is 94.0 cm³/mol. The number of pyridine rings is 1. The van der Waals surface area contributed by atoms with E-state index in [0.29, 0.717) is 5.95 Å². The molecule has 5 nitrogen and oxygen atoms in total. The predicted octanol–water partition coefficient (Wildman–Crippen LogP) is 3.94. The van der Waals surface area contributed by atoms with Gasteiger partial charge in [0.1, 0.15) is 5.82 Å². The lowest BCUT2D eigenvalue weighted by molar-refractivity contribution is 1.15. The fourth-order valence-electron chi connectivity index (χ4n) is 2.49. The zero-order valence-corrected chi connectivity index (χ0v) is 13.5. The second-order valence-corrected chi connectivity index (χ2v) is 5.45. The Balaban J connectivity index is 1.98. The fraction of sp³-hybridized carbons (Fsp3) is 0.167. The summed E-state index contributed by atoms with van der Waals surface area (Å²) in [6.45, 7) is 4.17. The van der Waals surface area contributed by atoms with Crippen LogP contribution in [0.1, 0.15) is 11.1 Å². The van der Waals surface area contributed by atoms with Gasteiger partial charge >= 0.3 is 0 Å². The highest BCUT2D eigenvalue weighted by atomic mass is 15.1. The molecule has 0 amide bonds. The van der Waals surface area contributed by atoms with Crippen LogP contribution in [0, 0.1) is 13.8 Å². The molecule has 0 saturated carbocycles. The van der Waals surface area contributed by atoms with Crippen LogP contribution in [0.15, 0.2) is 48.8 Å². The molecule has 0 bridgehead atoms. The molecule has 2 heterocycles. The molecule has 2 aromatic heterocycles. The van der Waals surface area contributed by atoms with Crippen LogP contribution in [0.2, 0.25) is 0 Å². The van der Waals surface area contributed by atoms with Crippen molar-refractivity contribution in [2.45, 2.75) is 13.8 Å². The molecule has 3 rings (SSSR count). The van der Waals surface area contributed by atoms with E-state index in [1.165, 1.54) is 11.1 Å². The van der Waals surface area contributed by atoms with Crippen molar-refractivity contribution < 1.29 is 0 Å². The number of benzene rings is 1. The monoisotopic (exact) mass is 305 g/mol. The molecule has 0 aliphatic carbocycles. The van der Waals surface area contributed by atoms with E-state index in [4.69, 9.17) is 0 Å². The van der Waals surface area contributed by atoms with Crippen molar-refractivity contribution in [1.29, 1.82) is 0 Å². The Morgan fingerprint density at radius 2 is 1.57 bits per heavy atom. The Bertz CT molecular complexity index is 795. The van der Waals surface area contributed by atoms with E-state index in [2.05, 4.69) is 57.6 Å². The molecule has 3 aromatic rings. The van der Waals surface area contributed by atoms with Gasteiger partial charge in [0, 0.05) is 36.8 Å². The Labute approximate surface area is 135 Å². The lowest BCUT2D eigenvalue weighted by Crippen LogP contribution is -2.02. The molecule has 2 N–H and O–H groups in total. The summed E-state index contributed by atoms with van der Waals surface area (Å²) < 4.78 is 0. The number of rotatable bonds is 4. The fourth-order valence-corrected chi connectivity index (χ4v) is 2.49. The van der Waals surface area contributed by atoms with Gasteiger partial charge in [-0.05, 0) is 49.2 Å². The van der Waals surface area contributed by atoms with Gasteiger partial charge in [-0.15, -0.1) is 0 Å². The number of nitrogens with one attached hydrogen (secondary N) is 2. The van der Waals surface area contributed by atoms with Crippen LogP contribution in [0.4, 0.5) is 17.5 Å². The molecule has 0 aliphatic rings. The van der Waals surface area contributed by atoms with Crippen molar-refractivity contribution in [3.63, 3.8) is 0 Å². The number of anilines is 3. The molecule has 0 saturated heterocycles. The first-order chi connectivity index (χ1) is 11.1. The Kier molecular flexibility index (Phi) is 4.19. The molecule has 0 unspecified atom stereocenters. The van der Waals surface area contributed by atoms with Gasteiger partial charge in [0.25, 0.3) is 0 Å². The summed E-state index contributed by atoms with van der Waals surface area (Å²) >= 11 is 0. The van der Waals surface area contributed by atoms with Crippen LogP contribution in [-0.2, 0) is 0 Å². The van der Waals surface area contributed by atoms with E-state index in [1.54, 1.807) is 12.4 Å². The third-order valence-electron chi connectivity index (χ3n) is 3.42. The number of hydrogen-bond acceptors (Lipinski definition) is 5. The lowest BCUT2D eigenvalue weighted by atomic mass is 10.1. The van der Waals surface area contributed by atoms with Crippen LogP contribution in [-0.4, -0.2) is 22.0 Å². The first-order valence-electron chi connectivity index (χ1n) is 7.46. The lowest BCUT2D eigenvalue weighted by Gasteiger charge is -2.11. The van der Waals surface area contributed by atoms with Crippen LogP contribution < -0.4 is 10.6 Å². The topological polar surface area (TPSA) is 62.7 Å². The maximum Gasteiger partial charge on any atom is 0.224 e. The molecule has 116 valence electrons. The quantitative estimate of drug-likeness (QED) is 0.764. The maximum absolute atomic E-state index is 4.51. The van der Waals surface area contributed by atoms with Gasteiger partial charge < -0.3 is 10.6 Å². The van der Waals surface area contributed by atoms with Gasteiger partial charge in [-0.25, -0.2) is 4.98 Å². The smallest absolute Gasteiger partial charge is 0.224 e. The van der Waals surface area contributed by atoms with Crippen molar-refractivity contribution in [2.75, 3.05) is 17.7 Å². The molecule has 0 aliphatic heterocycles. The third-order valence-corrected chi connectivity index (χ3v) is 3.42. The molecule has 5 heteroatoms. The molecule has 1 aromatic carbocycles. The highest BCUT2D eigenvalue weighted by Crippen LogP contribution is 2.24. The molecule has 0 radical (unpaired) electrons. The maximum atomic E-state index is 4.51. The zero-order chi connectivity index (χ0) is 16.2. The zero-order valence-electron chi connectivity index (χ0n) is 13.5. The second kappa shape index (κ2) is 6.44. The Hall–Kier alpha value is -2.95. The second-order valence-electron chi connectivity index (χ2n) is 5.45. The van der Waals surface area contributed by atoms with Gasteiger partial charge in [-0.2, -0.15) is 4.98 Å². The average Bonchev–Trinajstić information content (AvgIpc) is 2.54. The van der Waals surface area contributed by atoms with E-state index in [1.807, 2.05) is 25.2 Å². The largest absolute Gasteiger partial charge is 0.357 e. The third kappa shape index (κ3) is 3.63. The van der Waals surface area contributed by atoms with Gasteiger partial charge in [-0.1, -0.05) is 6.07 Å². The summed E-state index contributed by atoms with van der Waals surface area (Å²) in [6, 6.07) is 12.1. The highest BCUT2D eigenvalue weighted by Gasteiger charge is 2.07. The molecular formula is C18H19N5. The highest BCUT2D eigenvalue weighted by molar-refractivity contribution is 5.67. The number of nitrogens with zero attached hydrogens (tertiary/aromatic N) is 3. The number of hydrogen-bond donors (Lipinski definition) is 2. The van der Waals surface area contributed by atoms with Gasteiger partial charge in [0.15, 0.2) is 0 Å². The van der Waals surface area contributed by atoms with Crippen molar-refractivity contribution in [3.8, 4) is 11.3 Å². The van der Waals surface area contributed by atoms with Gasteiger partial charge in [-0.3, -0.25) is 4.98 Å². The summed E-state index contributed by atoms with van der Waals surface area (Å²) in [5.41, 5.74) is 5.29. The standard InChI is InChI=1S/C18H19N5/c1-12-8-13(2)10-15(9-12)21-17-11-16(22-18(19-3)23-17)14-4-6-20-7-5-14/h4-11H,1-3H3,(H2,19,21,22,23). The molecular weight excluding hydrogens is 286 g/mol. The van der Waals surface area contributed by atoms with Crippen molar-refractivity contribution in [3.05, 3.63) is 59.9 Å².